The van der Waals surface area contributed by atoms with Gasteiger partial charge in [-0.3, -0.25) is 4.79 Å². The molecular formula is C16H16O2. The van der Waals surface area contributed by atoms with Crippen LogP contribution in [0.5, 0.6) is 0 Å². The number of carbonyl (C=O) groups excluding carboxylic acids is 1. The number of benzene rings is 2. The fourth-order valence-corrected chi connectivity index (χ4v) is 2.84. The lowest BCUT2D eigenvalue weighted by molar-refractivity contribution is -0.125. The Morgan fingerprint density at radius 3 is 2.39 bits per heavy atom. The maximum atomic E-state index is 11.3. The van der Waals surface area contributed by atoms with Gasteiger partial charge in [0.15, 0.2) is 0 Å². The molecule has 1 fully saturated rings. The molecule has 2 heteroatoms. The molecule has 1 N–H and O–H groups in total. The Hall–Kier alpha value is -1.67. The molecule has 0 heterocycles. The van der Waals surface area contributed by atoms with Gasteiger partial charge < -0.3 is 5.11 Å². The summed E-state index contributed by atoms with van der Waals surface area (Å²) in [6, 6.07) is 14.1. The van der Waals surface area contributed by atoms with Crippen molar-refractivity contribution < 1.29 is 9.90 Å². The fraction of sp³-hybridized carbons (Fsp3) is 0.312. The molecule has 1 aliphatic rings. The van der Waals surface area contributed by atoms with Crippen LogP contribution in [0.1, 0.15) is 31.2 Å². The van der Waals surface area contributed by atoms with E-state index < -0.39 is 5.60 Å². The Morgan fingerprint density at radius 1 is 0.944 bits per heavy atom. The van der Waals surface area contributed by atoms with Crippen molar-refractivity contribution in [3.8, 4) is 0 Å². The topological polar surface area (TPSA) is 37.3 Å². The van der Waals surface area contributed by atoms with Crippen molar-refractivity contribution in [2.24, 2.45) is 0 Å². The first-order chi connectivity index (χ1) is 8.69. The maximum Gasteiger partial charge on any atom is 0.133 e. The molecule has 0 unspecified atom stereocenters. The lowest BCUT2D eigenvalue weighted by Crippen LogP contribution is -2.31. The van der Waals surface area contributed by atoms with Crippen LogP contribution in [0.25, 0.3) is 10.8 Å². The molecule has 0 aliphatic heterocycles. The fourth-order valence-electron chi connectivity index (χ4n) is 2.84. The lowest BCUT2D eigenvalue weighted by Gasteiger charge is -2.32. The molecule has 0 bridgehead atoms. The van der Waals surface area contributed by atoms with Gasteiger partial charge in [0.1, 0.15) is 5.78 Å². The van der Waals surface area contributed by atoms with Crippen LogP contribution in [-0.4, -0.2) is 10.9 Å². The minimum absolute atomic E-state index is 0.264. The van der Waals surface area contributed by atoms with Crippen LogP contribution < -0.4 is 0 Å². The summed E-state index contributed by atoms with van der Waals surface area (Å²) >= 11 is 0. The van der Waals surface area contributed by atoms with E-state index in [1.807, 2.05) is 30.3 Å². The first-order valence-electron chi connectivity index (χ1n) is 6.41. The molecule has 1 saturated carbocycles. The van der Waals surface area contributed by atoms with Gasteiger partial charge in [0, 0.05) is 12.8 Å². The second-order valence-electron chi connectivity index (χ2n) is 5.10. The van der Waals surface area contributed by atoms with E-state index >= 15 is 0 Å². The third-order valence-electron chi connectivity index (χ3n) is 3.93. The Labute approximate surface area is 106 Å². The first kappa shape index (κ1) is 11.4. The normalized spacial score (nSPS) is 19.1. The number of carbonyl (C=O) groups is 1. The van der Waals surface area contributed by atoms with Gasteiger partial charge in [0.2, 0.25) is 0 Å². The van der Waals surface area contributed by atoms with Crippen LogP contribution in [0, 0.1) is 0 Å². The van der Waals surface area contributed by atoms with Gasteiger partial charge in [0.25, 0.3) is 0 Å². The summed E-state index contributed by atoms with van der Waals surface area (Å²) in [5, 5.41) is 13.0. The van der Waals surface area contributed by atoms with Crippen molar-refractivity contribution in [2.45, 2.75) is 31.3 Å². The van der Waals surface area contributed by atoms with E-state index in [0.717, 1.165) is 16.3 Å². The zero-order chi connectivity index (χ0) is 12.6. The Kier molecular flexibility index (Phi) is 2.67. The highest BCUT2D eigenvalue weighted by atomic mass is 16.3. The van der Waals surface area contributed by atoms with Crippen LogP contribution in [0.2, 0.25) is 0 Å². The second-order valence-corrected chi connectivity index (χ2v) is 5.10. The molecule has 2 nitrogen and oxygen atoms in total. The molecular weight excluding hydrogens is 224 g/mol. The van der Waals surface area contributed by atoms with Gasteiger partial charge in [-0.15, -0.1) is 0 Å². The standard InChI is InChI=1S/C16H16O2/c17-13-8-10-16(18,11-9-13)15-7-3-5-12-4-1-2-6-14(12)15/h1-7,18H,8-11H2. The van der Waals surface area contributed by atoms with Gasteiger partial charge in [-0.1, -0.05) is 42.5 Å². The van der Waals surface area contributed by atoms with Gasteiger partial charge in [0.05, 0.1) is 5.60 Å². The van der Waals surface area contributed by atoms with E-state index in [4.69, 9.17) is 0 Å². The summed E-state index contributed by atoms with van der Waals surface area (Å²) in [5.74, 6) is 0.264. The van der Waals surface area contributed by atoms with Crippen molar-refractivity contribution in [3.05, 3.63) is 48.0 Å². The number of ketones is 1. The molecule has 0 saturated heterocycles. The molecule has 18 heavy (non-hydrogen) atoms. The summed E-state index contributed by atoms with van der Waals surface area (Å²) in [7, 11) is 0. The predicted octanol–water partition coefficient (Wildman–Crippen LogP) is 3.17. The molecule has 0 spiro atoms. The summed E-state index contributed by atoms with van der Waals surface area (Å²) in [6.45, 7) is 0. The van der Waals surface area contributed by atoms with Crippen molar-refractivity contribution in [2.75, 3.05) is 0 Å². The van der Waals surface area contributed by atoms with E-state index in [9.17, 15) is 9.90 Å². The SMILES string of the molecule is O=C1CCC(O)(c2cccc3ccccc23)CC1. The highest BCUT2D eigenvalue weighted by Crippen LogP contribution is 2.38. The molecule has 0 radical (unpaired) electrons. The molecule has 92 valence electrons. The maximum absolute atomic E-state index is 11.3. The number of aliphatic hydroxyl groups is 1. The minimum atomic E-state index is -0.839. The number of hydrogen-bond donors (Lipinski definition) is 1. The predicted molar refractivity (Wildman–Crippen MR) is 71.3 cm³/mol. The monoisotopic (exact) mass is 240 g/mol. The molecule has 1 aliphatic carbocycles. The molecule has 2 aromatic rings. The number of fused-ring (bicyclic) bond motifs is 1. The third-order valence-corrected chi connectivity index (χ3v) is 3.93. The second kappa shape index (κ2) is 4.21. The van der Waals surface area contributed by atoms with Gasteiger partial charge in [-0.05, 0) is 29.2 Å². The van der Waals surface area contributed by atoms with E-state index in [1.165, 1.54) is 0 Å². The largest absolute Gasteiger partial charge is 0.385 e. The summed E-state index contributed by atoms with van der Waals surface area (Å²) in [5.41, 5.74) is 0.127. The molecule has 0 atom stereocenters. The minimum Gasteiger partial charge on any atom is -0.385 e. The van der Waals surface area contributed by atoms with Crippen molar-refractivity contribution in [3.63, 3.8) is 0 Å². The van der Waals surface area contributed by atoms with E-state index in [2.05, 4.69) is 12.1 Å². The number of hydrogen-bond acceptors (Lipinski definition) is 2. The first-order valence-corrected chi connectivity index (χ1v) is 6.41. The lowest BCUT2D eigenvalue weighted by atomic mass is 9.77. The summed E-state index contributed by atoms with van der Waals surface area (Å²) < 4.78 is 0. The Balaban J connectivity index is 2.11. The number of rotatable bonds is 1. The molecule has 3 rings (SSSR count). The van der Waals surface area contributed by atoms with Crippen LogP contribution in [0.4, 0.5) is 0 Å². The quantitative estimate of drug-likeness (QED) is 0.831. The summed E-state index contributed by atoms with van der Waals surface area (Å²) in [4.78, 5) is 11.3. The highest BCUT2D eigenvalue weighted by molar-refractivity contribution is 5.87. The van der Waals surface area contributed by atoms with Crippen LogP contribution in [0.15, 0.2) is 42.5 Å². The highest BCUT2D eigenvalue weighted by Gasteiger charge is 2.34. The average Bonchev–Trinajstić information content (AvgIpc) is 2.42. The Morgan fingerprint density at radius 2 is 1.61 bits per heavy atom. The zero-order valence-corrected chi connectivity index (χ0v) is 10.2. The number of Topliss-reactive ketones (excluding diaryl/α,β-unsaturated/α-hetero) is 1. The van der Waals surface area contributed by atoms with E-state index in [-0.39, 0.29) is 5.78 Å². The van der Waals surface area contributed by atoms with Gasteiger partial charge in [-0.2, -0.15) is 0 Å². The van der Waals surface area contributed by atoms with Gasteiger partial charge in [-0.25, -0.2) is 0 Å². The average molecular weight is 240 g/mol. The zero-order valence-electron chi connectivity index (χ0n) is 10.2. The van der Waals surface area contributed by atoms with Crippen molar-refractivity contribution >= 4 is 16.6 Å². The van der Waals surface area contributed by atoms with Crippen LogP contribution in [-0.2, 0) is 10.4 Å². The van der Waals surface area contributed by atoms with Crippen molar-refractivity contribution in [1.82, 2.24) is 0 Å². The summed E-state index contributed by atoms with van der Waals surface area (Å²) in [6.07, 6.45) is 2.05. The van der Waals surface area contributed by atoms with Gasteiger partial charge >= 0.3 is 0 Å². The van der Waals surface area contributed by atoms with Crippen LogP contribution >= 0.6 is 0 Å². The third kappa shape index (κ3) is 1.83. The van der Waals surface area contributed by atoms with E-state index in [0.29, 0.717) is 25.7 Å². The van der Waals surface area contributed by atoms with E-state index in [1.54, 1.807) is 0 Å². The molecule has 0 amide bonds. The smallest absolute Gasteiger partial charge is 0.133 e. The molecule has 2 aromatic carbocycles. The Bertz CT molecular complexity index is 586. The van der Waals surface area contributed by atoms with Crippen molar-refractivity contribution in [1.29, 1.82) is 0 Å². The molecule has 0 aromatic heterocycles. The van der Waals surface area contributed by atoms with Crippen LogP contribution in [0.3, 0.4) is 0 Å².